The third-order valence-corrected chi connectivity index (χ3v) is 4.33. The van der Waals surface area contributed by atoms with Crippen LogP contribution in [0.5, 0.6) is 5.75 Å². The van der Waals surface area contributed by atoms with Crippen molar-refractivity contribution in [2.45, 2.75) is 52.6 Å². The van der Waals surface area contributed by atoms with Crippen LogP contribution in [0.15, 0.2) is 18.2 Å². The number of esters is 1. The van der Waals surface area contributed by atoms with Crippen LogP contribution in [0.3, 0.4) is 0 Å². The Morgan fingerprint density at radius 3 is 2.70 bits per heavy atom. The lowest BCUT2D eigenvalue weighted by Crippen LogP contribution is -2.38. The first-order valence-electron chi connectivity index (χ1n) is 8.70. The number of hydrogen-bond donors (Lipinski definition) is 0. The highest BCUT2D eigenvalue weighted by Crippen LogP contribution is 2.24. The van der Waals surface area contributed by atoms with Crippen molar-refractivity contribution < 1.29 is 14.3 Å². The van der Waals surface area contributed by atoms with Gasteiger partial charge in [-0.15, -0.1) is 0 Å². The lowest BCUT2D eigenvalue weighted by atomic mass is 10.1. The van der Waals surface area contributed by atoms with Gasteiger partial charge in [0, 0.05) is 19.5 Å². The van der Waals surface area contributed by atoms with Crippen LogP contribution in [-0.2, 0) is 9.53 Å². The molecular formula is C19H29NO3. The molecular weight excluding hydrogens is 290 g/mol. The van der Waals surface area contributed by atoms with Crippen LogP contribution in [0, 0.1) is 13.8 Å². The van der Waals surface area contributed by atoms with Gasteiger partial charge in [0.15, 0.2) is 0 Å². The van der Waals surface area contributed by atoms with Crippen LogP contribution in [0.25, 0.3) is 0 Å². The first-order valence-corrected chi connectivity index (χ1v) is 8.70. The molecule has 0 spiro atoms. The van der Waals surface area contributed by atoms with Crippen molar-refractivity contribution in [3.05, 3.63) is 29.3 Å². The van der Waals surface area contributed by atoms with E-state index in [4.69, 9.17) is 9.47 Å². The summed E-state index contributed by atoms with van der Waals surface area (Å²) in [5, 5.41) is 0. The van der Waals surface area contributed by atoms with E-state index in [9.17, 15) is 4.79 Å². The second-order valence-electron chi connectivity index (χ2n) is 6.34. The predicted molar refractivity (Wildman–Crippen MR) is 91.9 cm³/mol. The fourth-order valence-corrected chi connectivity index (χ4v) is 2.94. The average Bonchev–Trinajstić information content (AvgIpc) is 2.53. The number of rotatable bonds is 7. The van der Waals surface area contributed by atoms with Gasteiger partial charge in [-0.3, -0.25) is 4.79 Å². The van der Waals surface area contributed by atoms with E-state index >= 15 is 0 Å². The number of aryl methyl sites for hydroxylation is 2. The minimum atomic E-state index is -0.0827. The standard InChI is InChI=1S/C19H29NO3/c1-4-22-19(21)6-5-11-20-12-9-17(10-13-20)23-18-14-15(2)7-8-16(18)3/h7-8,14,17H,4-6,9-13H2,1-3H3. The second kappa shape index (κ2) is 8.92. The van der Waals surface area contributed by atoms with Crippen molar-refractivity contribution in [1.29, 1.82) is 0 Å². The van der Waals surface area contributed by atoms with Crippen molar-refractivity contribution in [2.75, 3.05) is 26.2 Å². The van der Waals surface area contributed by atoms with E-state index in [-0.39, 0.29) is 5.97 Å². The Morgan fingerprint density at radius 2 is 2.00 bits per heavy atom. The number of ether oxygens (including phenoxy) is 2. The molecule has 0 N–H and O–H groups in total. The molecule has 0 aromatic heterocycles. The fraction of sp³-hybridized carbons (Fsp3) is 0.632. The van der Waals surface area contributed by atoms with E-state index in [0.717, 1.165) is 44.6 Å². The maximum Gasteiger partial charge on any atom is 0.305 e. The minimum absolute atomic E-state index is 0.0827. The summed E-state index contributed by atoms with van der Waals surface area (Å²) < 4.78 is 11.1. The Balaban J connectivity index is 1.69. The lowest BCUT2D eigenvalue weighted by molar-refractivity contribution is -0.143. The molecule has 1 heterocycles. The van der Waals surface area contributed by atoms with E-state index in [0.29, 0.717) is 19.1 Å². The molecule has 2 rings (SSSR count). The van der Waals surface area contributed by atoms with Gasteiger partial charge in [0.1, 0.15) is 11.9 Å². The van der Waals surface area contributed by atoms with E-state index in [1.54, 1.807) is 0 Å². The summed E-state index contributed by atoms with van der Waals surface area (Å²) in [5.74, 6) is 0.936. The Morgan fingerprint density at radius 1 is 1.26 bits per heavy atom. The molecule has 0 atom stereocenters. The summed E-state index contributed by atoms with van der Waals surface area (Å²) >= 11 is 0. The number of piperidine rings is 1. The first kappa shape index (κ1) is 17.8. The molecule has 1 aromatic carbocycles. The molecule has 0 radical (unpaired) electrons. The SMILES string of the molecule is CCOC(=O)CCCN1CCC(Oc2cc(C)ccc2C)CC1. The molecule has 0 aliphatic carbocycles. The molecule has 128 valence electrons. The third-order valence-electron chi connectivity index (χ3n) is 4.33. The normalized spacial score (nSPS) is 16.3. The van der Waals surface area contributed by atoms with Crippen LogP contribution in [0.1, 0.15) is 43.7 Å². The van der Waals surface area contributed by atoms with Gasteiger partial charge in [-0.2, -0.15) is 0 Å². The highest BCUT2D eigenvalue weighted by molar-refractivity contribution is 5.69. The topological polar surface area (TPSA) is 38.8 Å². The third kappa shape index (κ3) is 5.87. The summed E-state index contributed by atoms with van der Waals surface area (Å²) in [5.41, 5.74) is 2.44. The van der Waals surface area contributed by atoms with Gasteiger partial charge >= 0.3 is 5.97 Å². The molecule has 1 saturated heterocycles. The smallest absolute Gasteiger partial charge is 0.305 e. The number of carbonyl (C=O) groups is 1. The Bertz CT molecular complexity index is 507. The largest absolute Gasteiger partial charge is 0.490 e. The second-order valence-corrected chi connectivity index (χ2v) is 6.34. The molecule has 0 unspecified atom stereocenters. The molecule has 23 heavy (non-hydrogen) atoms. The monoisotopic (exact) mass is 319 g/mol. The van der Waals surface area contributed by atoms with Gasteiger partial charge in [-0.25, -0.2) is 0 Å². The average molecular weight is 319 g/mol. The molecule has 1 aromatic rings. The highest BCUT2D eigenvalue weighted by Gasteiger charge is 2.21. The minimum Gasteiger partial charge on any atom is -0.490 e. The summed E-state index contributed by atoms with van der Waals surface area (Å²) in [6.45, 7) is 9.56. The highest BCUT2D eigenvalue weighted by atomic mass is 16.5. The molecule has 0 amide bonds. The summed E-state index contributed by atoms with van der Waals surface area (Å²) in [6.07, 6.45) is 3.80. The number of carbonyl (C=O) groups excluding carboxylic acids is 1. The lowest BCUT2D eigenvalue weighted by Gasteiger charge is -2.32. The number of benzene rings is 1. The van der Waals surface area contributed by atoms with Crippen molar-refractivity contribution in [3.8, 4) is 5.75 Å². The summed E-state index contributed by atoms with van der Waals surface area (Å²) in [7, 11) is 0. The molecule has 1 aliphatic heterocycles. The molecule has 4 nitrogen and oxygen atoms in total. The van der Waals surface area contributed by atoms with Gasteiger partial charge in [0.25, 0.3) is 0 Å². The van der Waals surface area contributed by atoms with Crippen molar-refractivity contribution >= 4 is 5.97 Å². The zero-order valence-electron chi connectivity index (χ0n) is 14.6. The summed E-state index contributed by atoms with van der Waals surface area (Å²) in [4.78, 5) is 13.8. The van der Waals surface area contributed by atoms with Gasteiger partial charge in [-0.1, -0.05) is 12.1 Å². The molecule has 1 fully saturated rings. The van der Waals surface area contributed by atoms with Crippen LogP contribution in [-0.4, -0.2) is 43.2 Å². The van der Waals surface area contributed by atoms with Gasteiger partial charge in [0.05, 0.1) is 6.61 Å². The van der Waals surface area contributed by atoms with Crippen LogP contribution >= 0.6 is 0 Å². The quantitative estimate of drug-likeness (QED) is 0.721. The molecule has 4 heteroatoms. The Kier molecular flexibility index (Phi) is 6.90. The van der Waals surface area contributed by atoms with E-state index in [1.807, 2.05) is 6.92 Å². The number of nitrogens with zero attached hydrogens (tertiary/aromatic N) is 1. The fourth-order valence-electron chi connectivity index (χ4n) is 2.94. The zero-order valence-corrected chi connectivity index (χ0v) is 14.6. The van der Waals surface area contributed by atoms with Crippen molar-refractivity contribution in [1.82, 2.24) is 4.90 Å². The van der Waals surface area contributed by atoms with Crippen LogP contribution in [0.2, 0.25) is 0 Å². The zero-order chi connectivity index (χ0) is 16.7. The molecule has 0 saturated carbocycles. The maximum absolute atomic E-state index is 11.3. The molecule has 0 bridgehead atoms. The number of hydrogen-bond acceptors (Lipinski definition) is 4. The maximum atomic E-state index is 11.3. The van der Waals surface area contributed by atoms with Gasteiger partial charge in [0.2, 0.25) is 0 Å². The van der Waals surface area contributed by atoms with Crippen LogP contribution < -0.4 is 4.74 Å². The van der Waals surface area contributed by atoms with E-state index in [1.165, 1.54) is 11.1 Å². The summed E-state index contributed by atoms with van der Waals surface area (Å²) in [6, 6.07) is 6.37. The predicted octanol–water partition coefficient (Wildman–Crippen LogP) is 3.49. The van der Waals surface area contributed by atoms with Crippen molar-refractivity contribution in [2.24, 2.45) is 0 Å². The Labute approximate surface area is 139 Å². The van der Waals surface area contributed by atoms with E-state index in [2.05, 4.69) is 36.9 Å². The first-order chi connectivity index (χ1) is 11.1. The Hall–Kier alpha value is -1.55. The van der Waals surface area contributed by atoms with Crippen molar-refractivity contribution in [3.63, 3.8) is 0 Å². The molecule has 1 aliphatic rings. The van der Waals surface area contributed by atoms with Crippen LogP contribution in [0.4, 0.5) is 0 Å². The van der Waals surface area contributed by atoms with E-state index < -0.39 is 0 Å². The number of likely N-dealkylation sites (tertiary alicyclic amines) is 1. The van der Waals surface area contributed by atoms with Gasteiger partial charge < -0.3 is 14.4 Å². The van der Waals surface area contributed by atoms with Gasteiger partial charge in [-0.05, 0) is 63.8 Å².